The molecular formula is C60H82Br2N2O2. The predicted molar refractivity (Wildman–Crippen MR) is 294 cm³/mol. The number of unbranched alkanes of at least 4 members (excludes halogenated alkanes) is 16. The van der Waals surface area contributed by atoms with Crippen LogP contribution in [0.3, 0.4) is 0 Å². The Balaban J connectivity index is 1.45. The van der Waals surface area contributed by atoms with Crippen molar-refractivity contribution in [2.75, 3.05) is 13.2 Å². The highest BCUT2D eigenvalue weighted by Gasteiger charge is 2.19. The Morgan fingerprint density at radius 3 is 1.35 bits per heavy atom. The Labute approximate surface area is 416 Å². The van der Waals surface area contributed by atoms with Gasteiger partial charge in [-0.05, 0) is 115 Å². The van der Waals surface area contributed by atoms with Crippen molar-refractivity contribution in [3.63, 3.8) is 0 Å². The summed E-state index contributed by atoms with van der Waals surface area (Å²) in [5.74, 6) is 2.97. The molecule has 0 fully saturated rings. The molecule has 0 aliphatic carbocycles. The van der Waals surface area contributed by atoms with Gasteiger partial charge in [-0.3, -0.25) is 0 Å². The molecule has 0 radical (unpaired) electrons. The highest BCUT2D eigenvalue weighted by molar-refractivity contribution is 9.12. The molecule has 0 saturated heterocycles. The first-order valence-corrected chi connectivity index (χ1v) is 27.8. The van der Waals surface area contributed by atoms with Crippen LogP contribution in [0.25, 0.3) is 57.0 Å². The van der Waals surface area contributed by atoms with Gasteiger partial charge in [-0.1, -0.05) is 207 Å². The maximum Gasteiger partial charge on any atom is 0.119 e. The van der Waals surface area contributed by atoms with Crippen molar-refractivity contribution < 1.29 is 9.47 Å². The highest BCUT2D eigenvalue weighted by Crippen LogP contribution is 2.35. The zero-order chi connectivity index (χ0) is 46.9. The number of fused-ring (bicyclic) bond motifs is 3. The molecule has 4 nitrogen and oxygen atoms in total. The molecular weight excluding hydrogens is 940 g/mol. The largest absolute Gasteiger partial charge is 0.493 e. The lowest BCUT2D eigenvalue weighted by Gasteiger charge is -2.19. The fraction of sp³-hybridized carbons (Fsp3) is 0.533. The molecule has 5 aromatic rings. The summed E-state index contributed by atoms with van der Waals surface area (Å²) in [4.78, 5) is 11.1. The topological polar surface area (TPSA) is 44.2 Å². The van der Waals surface area contributed by atoms with Gasteiger partial charge in [0.1, 0.15) is 11.5 Å². The number of ether oxygens (including phenoxy) is 2. The lowest BCUT2D eigenvalue weighted by molar-refractivity contribution is 0.224. The fourth-order valence-electron chi connectivity index (χ4n) is 9.40. The van der Waals surface area contributed by atoms with E-state index in [2.05, 4.69) is 139 Å². The second-order valence-electron chi connectivity index (χ2n) is 19.0. The number of aromatic nitrogens is 2. The van der Waals surface area contributed by atoms with Gasteiger partial charge < -0.3 is 9.47 Å². The average Bonchev–Trinajstić information content (AvgIpc) is 3.33. The van der Waals surface area contributed by atoms with Crippen molar-refractivity contribution in [1.82, 2.24) is 9.97 Å². The molecule has 0 saturated carbocycles. The first-order chi connectivity index (χ1) is 32.3. The van der Waals surface area contributed by atoms with Crippen LogP contribution in [0.1, 0.15) is 182 Å². The molecule has 2 atom stereocenters. The number of hydrogen-bond donors (Lipinski definition) is 0. The van der Waals surface area contributed by atoms with E-state index in [0.29, 0.717) is 11.8 Å². The summed E-state index contributed by atoms with van der Waals surface area (Å²) < 4.78 is 14.9. The van der Waals surface area contributed by atoms with Gasteiger partial charge in [-0.25, -0.2) is 9.97 Å². The van der Waals surface area contributed by atoms with Gasteiger partial charge in [0.15, 0.2) is 0 Å². The van der Waals surface area contributed by atoms with Crippen molar-refractivity contribution in [3.05, 3.63) is 92.7 Å². The van der Waals surface area contributed by atoms with Crippen LogP contribution < -0.4 is 19.9 Å². The third-order valence-corrected chi connectivity index (χ3v) is 14.2. The van der Waals surface area contributed by atoms with E-state index in [1.54, 1.807) is 0 Å². The third kappa shape index (κ3) is 17.2. The van der Waals surface area contributed by atoms with E-state index in [4.69, 9.17) is 19.4 Å². The molecule has 2 unspecified atom stereocenters. The number of allylic oxidation sites excluding steroid dienone is 1. The second kappa shape index (κ2) is 30.1. The number of halogens is 2. The van der Waals surface area contributed by atoms with E-state index in [9.17, 15) is 0 Å². The highest BCUT2D eigenvalue weighted by atomic mass is 79.9. The van der Waals surface area contributed by atoms with Gasteiger partial charge in [0.2, 0.25) is 0 Å². The molecule has 6 heteroatoms. The molecule has 0 aliphatic heterocycles. The minimum absolute atomic E-state index is 0.584. The molecule has 0 spiro atoms. The molecule has 358 valence electrons. The number of hydrogen-bond acceptors (Lipinski definition) is 4. The van der Waals surface area contributed by atoms with Crippen molar-refractivity contribution >= 4 is 66.3 Å². The Bertz CT molecular complexity index is 2310. The molecule has 4 aromatic carbocycles. The van der Waals surface area contributed by atoms with E-state index in [1.807, 2.05) is 6.08 Å². The summed E-state index contributed by atoms with van der Waals surface area (Å²) in [6, 6.07) is 23.4. The number of rotatable bonds is 33. The van der Waals surface area contributed by atoms with Crippen LogP contribution in [-0.4, -0.2) is 23.2 Å². The van der Waals surface area contributed by atoms with Crippen LogP contribution in [0.4, 0.5) is 0 Å². The maximum atomic E-state index is 6.58. The average molecular weight is 1020 g/mol. The molecule has 5 rings (SSSR count). The minimum Gasteiger partial charge on any atom is -0.493 e. The van der Waals surface area contributed by atoms with Gasteiger partial charge in [0, 0.05) is 30.7 Å². The van der Waals surface area contributed by atoms with E-state index >= 15 is 0 Å². The van der Waals surface area contributed by atoms with Crippen LogP contribution in [0, 0.1) is 11.8 Å². The van der Waals surface area contributed by atoms with Crippen molar-refractivity contribution in [3.8, 4) is 34.0 Å². The Morgan fingerprint density at radius 1 is 0.530 bits per heavy atom. The van der Waals surface area contributed by atoms with Gasteiger partial charge in [0.05, 0.1) is 35.6 Å². The molecule has 66 heavy (non-hydrogen) atoms. The lowest BCUT2D eigenvalue weighted by atomic mass is 9.95. The van der Waals surface area contributed by atoms with Gasteiger partial charge in [-0.15, -0.1) is 0 Å². The van der Waals surface area contributed by atoms with Gasteiger partial charge in [0.25, 0.3) is 0 Å². The van der Waals surface area contributed by atoms with E-state index in [-0.39, 0.29) is 0 Å². The van der Waals surface area contributed by atoms with Crippen LogP contribution in [-0.2, 0) is 0 Å². The normalized spacial score (nSPS) is 12.8. The van der Waals surface area contributed by atoms with Crippen molar-refractivity contribution in [1.29, 1.82) is 0 Å². The second-order valence-corrected chi connectivity index (χ2v) is 20.9. The van der Waals surface area contributed by atoms with E-state index in [0.717, 1.165) is 88.4 Å². The molecule has 1 aromatic heterocycles. The quantitative estimate of drug-likeness (QED) is 0.0310. The molecule has 1 heterocycles. The summed E-state index contributed by atoms with van der Waals surface area (Å²) in [7, 11) is 0. The van der Waals surface area contributed by atoms with E-state index < -0.39 is 0 Å². The smallest absolute Gasteiger partial charge is 0.119 e. The Kier molecular flexibility index (Phi) is 24.4. The number of nitrogens with zero attached hydrogens (tertiary/aromatic N) is 2. The fourth-order valence-corrected chi connectivity index (χ4v) is 9.99. The Hall–Kier alpha value is -3.48. The Morgan fingerprint density at radius 2 is 0.924 bits per heavy atom. The first kappa shape index (κ1) is 53.5. The van der Waals surface area contributed by atoms with Crippen LogP contribution in [0.5, 0.6) is 11.5 Å². The van der Waals surface area contributed by atoms with Gasteiger partial charge >= 0.3 is 0 Å². The monoisotopic (exact) mass is 1020 g/mol. The minimum atomic E-state index is 0.584. The van der Waals surface area contributed by atoms with Crippen LogP contribution in [0.15, 0.2) is 82.3 Å². The third-order valence-electron chi connectivity index (χ3n) is 13.4. The lowest BCUT2D eigenvalue weighted by Crippen LogP contribution is -2.26. The maximum absolute atomic E-state index is 6.58. The molecule has 0 amide bonds. The standard InChI is InChI=1S/C60H82Br2N2O2/c1-7-11-15-19-21-25-29-47(27-23-17-13-9-3)43-65-52-36-31-49(32-37-52)57-58(64-60-56-42-51(62)35-40-54(56)46(6)55(41-45(5)61)59(60)63-57)50-33-38-53(39-34-50)66-44-48(28-24-18-14-10-4)30-26-22-20-16-12-8-2/h31-42,47-48H,5-30,43-44H2,1-4H3/b55-41+. The van der Waals surface area contributed by atoms with Crippen molar-refractivity contribution in [2.24, 2.45) is 11.8 Å². The summed E-state index contributed by atoms with van der Waals surface area (Å²) >= 11 is 7.35. The summed E-state index contributed by atoms with van der Waals surface area (Å²) in [5.41, 5.74) is 5.24. The van der Waals surface area contributed by atoms with Gasteiger partial charge in [-0.2, -0.15) is 0 Å². The van der Waals surface area contributed by atoms with Crippen LogP contribution >= 0.6 is 31.9 Å². The summed E-state index contributed by atoms with van der Waals surface area (Å²) in [6.45, 7) is 19.4. The van der Waals surface area contributed by atoms with Crippen LogP contribution in [0.2, 0.25) is 0 Å². The zero-order valence-corrected chi connectivity index (χ0v) is 44.5. The van der Waals surface area contributed by atoms with Crippen molar-refractivity contribution in [2.45, 2.75) is 182 Å². The van der Waals surface area contributed by atoms with E-state index in [1.165, 1.54) is 154 Å². The molecule has 0 N–H and O–H groups in total. The number of benzene rings is 4. The summed E-state index contributed by atoms with van der Waals surface area (Å²) in [5, 5.41) is 3.85. The molecule has 0 aliphatic rings. The predicted octanol–water partition coefficient (Wildman–Crippen LogP) is 18.4. The zero-order valence-electron chi connectivity index (χ0n) is 41.3. The SMILES string of the molecule is C=C(Br)/C=c1\c(=C)c2ccc(Br)cc2c2nc(-c3ccc(OCC(CCCCCC)CCCCCCCC)cc3)c(-c3ccc(OCC(CCCCCC)CCCCCCCC)cc3)nc12. The first-order valence-electron chi connectivity index (χ1n) is 26.2. The molecule has 0 bridgehead atoms. The summed E-state index contributed by atoms with van der Waals surface area (Å²) in [6.07, 6.45) is 33.3.